The lowest BCUT2D eigenvalue weighted by Gasteiger charge is -2.28. The molecule has 0 saturated heterocycles. The van der Waals surface area contributed by atoms with Gasteiger partial charge in [0.2, 0.25) is 0 Å². The van der Waals surface area contributed by atoms with Crippen molar-refractivity contribution in [1.29, 1.82) is 0 Å². The fourth-order valence-electron chi connectivity index (χ4n) is 3.71. The normalized spacial score (nSPS) is 12.3. The molecule has 1 aromatic heterocycles. The van der Waals surface area contributed by atoms with Crippen LogP contribution in [0.4, 0.5) is 5.69 Å². The lowest BCUT2D eigenvalue weighted by atomic mass is 9.78. The van der Waals surface area contributed by atoms with E-state index >= 15 is 0 Å². The minimum absolute atomic E-state index is 0.174. The molecule has 0 radical (unpaired) electrons. The van der Waals surface area contributed by atoms with Crippen molar-refractivity contribution >= 4 is 5.69 Å². The maximum absolute atomic E-state index is 11.0. The number of nitrogens with one attached hydrogen (secondary N) is 1. The number of H-pyrrole nitrogens is 1. The summed E-state index contributed by atoms with van der Waals surface area (Å²) in [5.41, 5.74) is 6.78. The molecule has 0 spiro atoms. The first-order chi connectivity index (χ1) is 13.8. The van der Waals surface area contributed by atoms with Crippen molar-refractivity contribution in [3.05, 3.63) is 53.2 Å². The van der Waals surface area contributed by atoms with Gasteiger partial charge in [0, 0.05) is 47.7 Å². The van der Waals surface area contributed by atoms with Gasteiger partial charge in [0.05, 0.1) is 5.69 Å². The Morgan fingerprint density at radius 1 is 0.833 bits per heavy atom. The predicted octanol–water partition coefficient (Wildman–Crippen LogP) is 6.42. The molecule has 0 fully saturated rings. The van der Waals surface area contributed by atoms with E-state index < -0.39 is 0 Å². The number of phenols is 1. The molecule has 3 aromatic rings. The molecule has 0 saturated carbocycles. The Bertz CT molecular complexity index is 1010. The number of phenolic OH excluding ortho intramolecular Hbond substituents is 1. The second-order valence-corrected chi connectivity index (χ2v) is 10.4. The van der Waals surface area contributed by atoms with E-state index in [-0.39, 0.29) is 10.8 Å². The number of hydrogen-bond donors (Lipinski definition) is 2. The van der Waals surface area contributed by atoms with Gasteiger partial charge in [-0.05, 0) is 42.0 Å². The van der Waals surface area contributed by atoms with Crippen molar-refractivity contribution < 1.29 is 5.11 Å². The highest BCUT2D eigenvalue weighted by atomic mass is 16.3. The number of aromatic hydroxyl groups is 1. The lowest BCUT2D eigenvalue weighted by Crippen LogP contribution is -2.17. The Morgan fingerprint density at radius 3 is 1.77 bits per heavy atom. The second-order valence-electron chi connectivity index (χ2n) is 10.4. The smallest absolute Gasteiger partial charge is 0.138 e. The summed E-state index contributed by atoms with van der Waals surface area (Å²) in [6, 6.07) is 12.6. The number of hydrogen-bond acceptors (Lipinski definition) is 3. The van der Waals surface area contributed by atoms with E-state index in [0.717, 1.165) is 45.2 Å². The summed E-state index contributed by atoms with van der Waals surface area (Å²) in [5, 5.41) is 11.0. The van der Waals surface area contributed by atoms with Crippen LogP contribution >= 0.6 is 0 Å². The predicted molar refractivity (Wildman–Crippen MR) is 128 cm³/mol. The topological polar surface area (TPSA) is 52.1 Å². The maximum atomic E-state index is 11.0. The molecule has 2 N–H and O–H groups in total. The van der Waals surface area contributed by atoms with Crippen LogP contribution in [0.3, 0.4) is 0 Å². The summed E-state index contributed by atoms with van der Waals surface area (Å²) in [6.07, 6.45) is 0. The highest BCUT2D eigenvalue weighted by molar-refractivity contribution is 5.71. The largest absolute Gasteiger partial charge is 0.507 e. The van der Waals surface area contributed by atoms with Crippen LogP contribution in [0.25, 0.3) is 22.6 Å². The molecule has 0 bridgehead atoms. The van der Waals surface area contributed by atoms with Crippen molar-refractivity contribution in [1.82, 2.24) is 9.97 Å². The Hall–Kier alpha value is -2.75. The van der Waals surface area contributed by atoms with Crippen molar-refractivity contribution in [2.24, 2.45) is 0 Å². The van der Waals surface area contributed by atoms with E-state index in [9.17, 15) is 5.11 Å². The standard InChI is InChI=1S/C26H35N3O/c1-16-22(17-10-12-19(13-11-17)29(8)9)28-24(27-16)18-14-20(25(2,3)4)23(30)21(15-18)26(5,6)7/h10-15,30H,1-9H3,(H,27,28). The van der Waals surface area contributed by atoms with Crippen LogP contribution in [0, 0.1) is 6.92 Å². The first kappa shape index (κ1) is 21.9. The number of nitrogens with zero attached hydrogens (tertiary/aromatic N) is 2. The fraction of sp³-hybridized carbons (Fsp3) is 0.423. The monoisotopic (exact) mass is 405 g/mol. The van der Waals surface area contributed by atoms with Gasteiger partial charge in [-0.25, -0.2) is 4.98 Å². The van der Waals surface area contributed by atoms with Gasteiger partial charge in [-0.15, -0.1) is 0 Å². The zero-order valence-electron chi connectivity index (χ0n) is 19.8. The molecule has 4 nitrogen and oxygen atoms in total. The second kappa shape index (κ2) is 7.50. The highest BCUT2D eigenvalue weighted by Crippen LogP contribution is 2.42. The van der Waals surface area contributed by atoms with Gasteiger partial charge in [-0.2, -0.15) is 0 Å². The lowest BCUT2D eigenvalue weighted by molar-refractivity contribution is 0.423. The van der Waals surface area contributed by atoms with Crippen LogP contribution in [0.5, 0.6) is 5.75 Å². The quantitative estimate of drug-likeness (QED) is 0.529. The SMILES string of the molecule is Cc1[nH]c(-c2cc(C(C)(C)C)c(O)c(C(C)(C)C)c2)nc1-c1ccc(N(C)C)cc1. The van der Waals surface area contributed by atoms with Crippen molar-refractivity contribution in [2.75, 3.05) is 19.0 Å². The molecule has 4 heteroatoms. The van der Waals surface area contributed by atoms with Crippen LogP contribution in [0.15, 0.2) is 36.4 Å². The summed E-state index contributed by atoms with van der Waals surface area (Å²) in [6.45, 7) is 14.8. The molecule has 1 heterocycles. The molecule has 0 aliphatic rings. The maximum Gasteiger partial charge on any atom is 0.138 e. The third-order valence-corrected chi connectivity index (χ3v) is 5.54. The molecular weight excluding hydrogens is 370 g/mol. The Kier molecular flexibility index (Phi) is 5.48. The number of benzene rings is 2. The van der Waals surface area contributed by atoms with E-state index in [1.165, 1.54) is 0 Å². The minimum atomic E-state index is -0.174. The van der Waals surface area contributed by atoms with Crippen LogP contribution in [0.2, 0.25) is 0 Å². The third-order valence-electron chi connectivity index (χ3n) is 5.54. The van der Waals surface area contributed by atoms with Crippen molar-refractivity contribution in [3.8, 4) is 28.4 Å². The average molecular weight is 406 g/mol. The molecule has 0 aliphatic carbocycles. The Labute approximate surface area is 181 Å². The van der Waals surface area contributed by atoms with E-state index in [1.54, 1.807) is 0 Å². The summed E-state index contributed by atoms with van der Waals surface area (Å²) in [7, 11) is 4.08. The number of aromatic nitrogens is 2. The summed E-state index contributed by atoms with van der Waals surface area (Å²) in [4.78, 5) is 10.5. The van der Waals surface area contributed by atoms with Gasteiger partial charge in [-0.3, -0.25) is 0 Å². The number of anilines is 1. The molecule has 3 rings (SSSR count). The fourth-order valence-corrected chi connectivity index (χ4v) is 3.71. The molecule has 160 valence electrons. The Morgan fingerprint density at radius 2 is 1.33 bits per heavy atom. The van der Waals surface area contributed by atoms with Gasteiger partial charge >= 0.3 is 0 Å². The number of rotatable bonds is 3. The molecular formula is C26H35N3O. The van der Waals surface area contributed by atoms with Crippen LogP contribution in [-0.2, 0) is 10.8 Å². The third kappa shape index (κ3) is 4.23. The molecule has 0 aliphatic heterocycles. The van der Waals surface area contributed by atoms with Gasteiger partial charge < -0.3 is 15.0 Å². The van der Waals surface area contributed by atoms with Gasteiger partial charge in [0.15, 0.2) is 0 Å². The number of imidazole rings is 1. The highest BCUT2D eigenvalue weighted by Gasteiger charge is 2.27. The van der Waals surface area contributed by atoms with Crippen molar-refractivity contribution in [2.45, 2.75) is 59.3 Å². The van der Waals surface area contributed by atoms with E-state index in [4.69, 9.17) is 4.98 Å². The zero-order valence-corrected chi connectivity index (χ0v) is 19.8. The van der Waals surface area contributed by atoms with Crippen molar-refractivity contribution in [3.63, 3.8) is 0 Å². The average Bonchev–Trinajstić information content (AvgIpc) is 3.01. The van der Waals surface area contributed by atoms with Gasteiger partial charge in [-0.1, -0.05) is 53.7 Å². The van der Waals surface area contributed by atoms with E-state index in [2.05, 4.69) is 94.7 Å². The van der Waals surface area contributed by atoms with Gasteiger partial charge in [0.25, 0.3) is 0 Å². The van der Waals surface area contributed by atoms with Gasteiger partial charge in [0.1, 0.15) is 11.6 Å². The van der Waals surface area contributed by atoms with E-state index in [1.807, 2.05) is 14.1 Å². The van der Waals surface area contributed by atoms with E-state index in [0.29, 0.717) is 5.75 Å². The summed E-state index contributed by atoms with van der Waals surface area (Å²) >= 11 is 0. The van der Waals surface area contributed by atoms with Crippen LogP contribution in [0.1, 0.15) is 58.4 Å². The minimum Gasteiger partial charge on any atom is -0.507 e. The summed E-state index contributed by atoms with van der Waals surface area (Å²) in [5.74, 6) is 1.22. The molecule has 0 atom stereocenters. The molecule has 30 heavy (non-hydrogen) atoms. The number of aromatic amines is 1. The first-order valence-corrected chi connectivity index (χ1v) is 10.5. The zero-order chi connectivity index (χ0) is 22.4. The Balaban J connectivity index is 2.14. The number of aryl methyl sites for hydroxylation is 1. The van der Waals surface area contributed by atoms with Crippen LogP contribution < -0.4 is 4.90 Å². The molecule has 0 unspecified atom stereocenters. The van der Waals surface area contributed by atoms with Crippen LogP contribution in [-0.4, -0.2) is 29.2 Å². The summed E-state index contributed by atoms with van der Waals surface area (Å²) < 4.78 is 0. The molecule has 2 aromatic carbocycles. The molecule has 0 amide bonds. The first-order valence-electron chi connectivity index (χ1n) is 10.5.